The number of rotatable bonds is 5. The molecule has 2 aromatic rings. The molecule has 0 radical (unpaired) electrons. The number of anilines is 1. The summed E-state index contributed by atoms with van der Waals surface area (Å²) in [6, 6.07) is 10.0. The number of hydrogen-bond acceptors (Lipinski definition) is 4. The number of amides is 1. The molecular formula is C17H20N2O4S. The Hall–Kier alpha value is -2.38. The Balaban J connectivity index is 2.20. The number of ether oxygens (including phenoxy) is 1. The quantitative estimate of drug-likeness (QED) is 0.865. The van der Waals surface area contributed by atoms with Gasteiger partial charge in [0.15, 0.2) is 0 Å². The van der Waals surface area contributed by atoms with Crippen LogP contribution in [0.1, 0.15) is 16.7 Å². The Morgan fingerprint density at radius 1 is 1.17 bits per heavy atom. The molecule has 128 valence electrons. The Kier molecular flexibility index (Phi) is 5.26. The van der Waals surface area contributed by atoms with E-state index in [0.29, 0.717) is 11.4 Å². The van der Waals surface area contributed by atoms with Crippen LogP contribution >= 0.6 is 0 Å². The van der Waals surface area contributed by atoms with Crippen molar-refractivity contribution in [2.24, 2.45) is 5.14 Å². The number of nitrogens with one attached hydrogen (secondary N) is 1. The highest BCUT2D eigenvalue weighted by atomic mass is 32.2. The lowest BCUT2D eigenvalue weighted by molar-refractivity contribution is -0.115. The van der Waals surface area contributed by atoms with Gasteiger partial charge in [0.25, 0.3) is 0 Å². The van der Waals surface area contributed by atoms with Gasteiger partial charge in [0.2, 0.25) is 15.9 Å². The molecule has 0 aliphatic rings. The minimum absolute atomic E-state index is 0.0228. The Morgan fingerprint density at radius 2 is 1.79 bits per heavy atom. The summed E-state index contributed by atoms with van der Waals surface area (Å²) in [6.07, 6.45) is 0.169. The van der Waals surface area contributed by atoms with Gasteiger partial charge in [-0.25, -0.2) is 13.6 Å². The first kappa shape index (κ1) is 18.0. The number of primary sulfonamides is 1. The number of sulfonamides is 1. The van der Waals surface area contributed by atoms with Gasteiger partial charge < -0.3 is 10.1 Å². The second-order valence-electron chi connectivity index (χ2n) is 5.53. The van der Waals surface area contributed by atoms with E-state index in [9.17, 15) is 13.2 Å². The van der Waals surface area contributed by atoms with E-state index in [1.54, 1.807) is 38.3 Å². The fraction of sp³-hybridized carbons (Fsp3) is 0.235. The van der Waals surface area contributed by atoms with Crippen LogP contribution in [0.5, 0.6) is 5.75 Å². The van der Waals surface area contributed by atoms with E-state index in [-0.39, 0.29) is 17.2 Å². The number of hydrogen-bond donors (Lipinski definition) is 2. The van der Waals surface area contributed by atoms with E-state index in [1.165, 1.54) is 12.1 Å². The maximum Gasteiger partial charge on any atom is 0.238 e. The minimum atomic E-state index is -3.83. The van der Waals surface area contributed by atoms with E-state index in [2.05, 4.69) is 5.32 Å². The van der Waals surface area contributed by atoms with Crippen LogP contribution in [-0.4, -0.2) is 21.4 Å². The van der Waals surface area contributed by atoms with E-state index < -0.39 is 10.0 Å². The molecule has 2 aromatic carbocycles. The molecule has 0 bridgehead atoms. The zero-order valence-corrected chi connectivity index (χ0v) is 14.6. The lowest BCUT2D eigenvalue weighted by Gasteiger charge is -2.13. The van der Waals surface area contributed by atoms with E-state index in [0.717, 1.165) is 16.7 Å². The first-order chi connectivity index (χ1) is 11.2. The summed E-state index contributed by atoms with van der Waals surface area (Å²) in [6.45, 7) is 3.58. The summed E-state index contributed by atoms with van der Waals surface area (Å²) in [5.74, 6) is 0.473. The number of carbonyl (C=O) groups excluding carboxylic acids is 1. The Morgan fingerprint density at radius 3 is 2.33 bits per heavy atom. The van der Waals surface area contributed by atoms with Crippen molar-refractivity contribution in [3.8, 4) is 5.75 Å². The minimum Gasteiger partial charge on any atom is -0.497 e. The molecule has 7 heteroatoms. The summed E-state index contributed by atoms with van der Waals surface area (Å²) in [7, 11) is -2.26. The number of benzene rings is 2. The Bertz CT molecular complexity index is 859. The van der Waals surface area contributed by atoms with Crippen molar-refractivity contribution in [2.75, 3.05) is 12.4 Å². The molecule has 0 saturated carbocycles. The normalized spacial score (nSPS) is 11.2. The number of nitrogens with two attached hydrogens (primary N) is 1. The maximum absolute atomic E-state index is 12.2. The smallest absolute Gasteiger partial charge is 0.238 e. The van der Waals surface area contributed by atoms with Crippen LogP contribution in [0.4, 0.5) is 5.69 Å². The number of aryl methyl sites for hydroxylation is 1. The van der Waals surface area contributed by atoms with Gasteiger partial charge in [-0.1, -0.05) is 12.1 Å². The summed E-state index contributed by atoms with van der Waals surface area (Å²) >= 11 is 0. The van der Waals surface area contributed by atoms with Gasteiger partial charge in [-0.05, 0) is 54.8 Å². The molecule has 0 saturated heterocycles. The van der Waals surface area contributed by atoms with Gasteiger partial charge in [-0.3, -0.25) is 4.79 Å². The van der Waals surface area contributed by atoms with Gasteiger partial charge in [0.1, 0.15) is 5.75 Å². The lowest BCUT2D eigenvalue weighted by atomic mass is 10.1. The topological polar surface area (TPSA) is 98.5 Å². The monoisotopic (exact) mass is 348 g/mol. The molecule has 0 spiro atoms. The van der Waals surface area contributed by atoms with Crippen molar-refractivity contribution in [3.63, 3.8) is 0 Å². The zero-order valence-electron chi connectivity index (χ0n) is 13.8. The third-order valence-corrected chi connectivity index (χ3v) is 4.66. The SMILES string of the molecule is COc1ccc(CC(=O)Nc2cc(S(N)(=O)=O)cc(C)c2C)cc1. The van der Waals surface area contributed by atoms with Crippen molar-refractivity contribution in [1.82, 2.24) is 0 Å². The molecule has 0 unspecified atom stereocenters. The molecule has 0 aliphatic heterocycles. The predicted molar refractivity (Wildman–Crippen MR) is 92.6 cm³/mol. The molecule has 0 heterocycles. The van der Waals surface area contributed by atoms with Gasteiger partial charge >= 0.3 is 0 Å². The number of carbonyl (C=O) groups is 1. The molecule has 3 N–H and O–H groups in total. The third-order valence-electron chi connectivity index (χ3n) is 3.77. The summed E-state index contributed by atoms with van der Waals surface area (Å²) in [5.41, 5.74) is 2.80. The molecule has 1 amide bonds. The first-order valence-electron chi connectivity index (χ1n) is 7.27. The van der Waals surface area contributed by atoms with Crippen molar-refractivity contribution in [1.29, 1.82) is 0 Å². The zero-order chi connectivity index (χ0) is 17.9. The highest BCUT2D eigenvalue weighted by Gasteiger charge is 2.14. The fourth-order valence-corrected chi connectivity index (χ4v) is 2.87. The molecule has 0 fully saturated rings. The molecular weight excluding hydrogens is 328 g/mol. The van der Waals surface area contributed by atoms with Crippen molar-refractivity contribution in [2.45, 2.75) is 25.2 Å². The average Bonchev–Trinajstić information content (AvgIpc) is 2.51. The van der Waals surface area contributed by atoms with E-state index in [4.69, 9.17) is 9.88 Å². The van der Waals surface area contributed by atoms with Gasteiger partial charge in [-0.2, -0.15) is 0 Å². The first-order valence-corrected chi connectivity index (χ1v) is 8.82. The Labute approximate surface area is 141 Å². The highest BCUT2D eigenvalue weighted by molar-refractivity contribution is 7.89. The average molecular weight is 348 g/mol. The molecule has 2 rings (SSSR count). The lowest BCUT2D eigenvalue weighted by Crippen LogP contribution is -2.17. The molecule has 6 nitrogen and oxygen atoms in total. The third kappa shape index (κ3) is 4.33. The van der Waals surface area contributed by atoms with Crippen molar-refractivity contribution >= 4 is 21.6 Å². The van der Waals surface area contributed by atoms with Gasteiger partial charge in [-0.15, -0.1) is 0 Å². The fourth-order valence-electron chi connectivity index (χ4n) is 2.24. The van der Waals surface area contributed by atoms with Crippen LogP contribution in [-0.2, 0) is 21.2 Å². The number of methoxy groups -OCH3 is 1. The van der Waals surface area contributed by atoms with E-state index >= 15 is 0 Å². The van der Waals surface area contributed by atoms with Crippen molar-refractivity contribution in [3.05, 3.63) is 53.1 Å². The van der Waals surface area contributed by atoms with Crippen LogP contribution in [0, 0.1) is 13.8 Å². The summed E-state index contributed by atoms with van der Waals surface area (Å²) in [5, 5.41) is 7.92. The van der Waals surface area contributed by atoms with Crippen LogP contribution < -0.4 is 15.2 Å². The summed E-state index contributed by atoms with van der Waals surface area (Å²) < 4.78 is 28.2. The van der Waals surface area contributed by atoms with E-state index in [1.807, 2.05) is 6.92 Å². The maximum atomic E-state index is 12.2. The van der Waals surface area contributed by atoms with Crippen LogP contribution in [0.15, 0.2) is 41.3 Å². The molecule has 24 heavy (non-hydrogen) atoms. The van der Waals surface area contributed by atoms with Crippen LogP contribution in [0.25, 0.3) is 0 Å². The highest BCUT2D eigenvalue weighted by Crippen LogP contribution is 2.24. The van der Waals surface area contributed by atoms with Gasteiger partial charge in [0, 0.05) is 5.69 Å². The van der Waals surface area contributed by atoms with Crippen LogP contribution in [0.3, 0.4) is 0 Å². The molecule has 0 aliphatic carbocycles. The molecule has 0 atom stereocenters. The second-order valence-corrected chi connectivity index (χ2v) is 7.09. The van der Waals surface area contributed by atoms with Crippen LogP contribution in [0.2, 0.25) is 0 Å². The summed E-state index contributed by atoms with van der Waals surface area (Å²) in [4.78, 5) is 12.2. The molecule has 0 aromatic heterocycles. The standard InChI is InChI=1S/C17H20N2O4S/c1-11-8-15(24(18,21)22)10-16(12(11)2)19-17(20)9-13-4-6-14(23-3)7-5-13/h4-8,10H,9H2,1-3H3,(H,19,20)(H2,18,21,22). The predicted octanol–water partition coefficient (Wildman–Crippen LogP) is 2.14. The second kappa shape index (κ2) is 7.02. The largest absolute Gasteiger partial charge is 0.497 e. The van der Waals surface area contributed by atoms with Crippen molar-refractivity contribution < 1.29 is 17.9 Å². The van der Waals surface area contributed by atoms with Gasteiger partial charge in [0.05, 0.1) is 18.4 Å².